The molecule has 1 aliphatic rings. The number of amides is 1. The maximum absolute atomic E-state index is 13.0. The minimum atomic E-state index is 0.0170. The fourth-order valence-corrected chi connectivity index (χ4v) is 4.02. The van der Waals surface area contributed by atoms with Gasteiger partial charge in [0.05, 0.1) is 11.3 Å². The first-order valence-corrected chi connectivity index (χ1v) is 9.47. The van der Waals surface area contributed by atoms with Gasteiger partial charge < -0.3 is 9.88 Å². The molecule has 6 nitrogen and oxygen atoms in total. The molecule has 28 heavy (non-hydrogen) atoms. The molecule has 3 aromatic heterocycles. The van der Waals surface area contributed by atoms with E-state index in [0.717, 1.165) is 29.1 Å². The Hall–Kier alpha value is -3.41. The Morgan fingerprint density at radius 1 is 1.14 bits per heavy atom. The fraction of sp³-hybridized carbons (Fsp3) is 0.227. The van der Waals surface area contributed by atoms with Crippen molar-refractivity contribution in [2.45, 2.75) is 26.8 Å². The van der Waals surface area contributed by atoms with Crippen LogP contribution < -0.4 is 0 Å². The summed E-state index contributed by atoms with van der Waals surface area (Å²) in [5.41, 5.74) is 6.17. The molecule has 0 spiro atoms. The Morgan fingerprint density at radius 2 is 2.00 bits per heavy atom. The van der Waals surface area contributed by atoms with Crippen LogP contribution in [0.3, 0.4) is 0 Å². The molecule has 0 atom stereocenters. The number of aryl methyl sites for hydroxylation is 2. The van der Waals surface area contributed by atoms with Crippen LogP contribution in [0.1, 0.15) is 33.0 Å². The number of H-pyrrole nitrogens is 1. The lowest BCUT2D eigenvalue weighted by Gasteiger charge is -2.27. The molecule has 1 amide bonds. The summed E-state index contributed by atoms with van der Waals surface area (Å²) in [6.45, 7) is 5.28. The van der Waals surface area contributed by atoms with Gasteiger partial charge in [-0.25, -0.2) is 9.67 Å². The second-order valence-electron chi connectivity index (χ2n) is 7.35. The highest BCUT2D eigenvalue weighted by molar-refractivity contribution is 5.95. The Kier molecular flexibility index (Phi) is 3.79. The normalized spacial score (nSPS) is 13.7. The highest BCUT2D eigenvalue weighted by Crippen LogP contribution is 2.28. The van der Waals surface area contributed by atoms with Crippen molar-refractivity contribution in [2.24, 2.45) is 0 Å². The minimum absolute atomic E-state index is 0.0170. The van der Waals surface area contributed by atoms with Gasteiger partial charge in [-0.2, -0.15) is 5.10 Å². The molecular weight excluding hydrogens is 350 g/mol. The maximum Gasteiger partial charge on any atom is 0.255 e. The van der Waals surface area contributed by atoms with E-state index < -0.39 is 0 Å². The van der Waals surface area contributed by atoms with E-state index in [4.69, 9.17) is 0 Å². The number of carbonyl (C=O) groups is 1. The first-order valence-electron chi connectivity index (χ1n) is 9.47. The predicted octanol–water partition coefficient (Wildman–Crippen LogP) is 3.56. The van der Waals surface area contributed by atoms with Crippen molar-refractivity contribution >= 4 is 16.8 Å². The summed E-state index contributed by atoms with van der Waals surface area (Å²) in [5.74, 6) is 0.739. The van der Waals surface area contributed by atoms with Gasteiger partial charge in [0.1, 0.15) is 0 Å². The molecule has 1 N–H and O–H groups in total. The number of fused-ring (bicyclic) bond motifs is 3. The number of rotatable bonds is 2. The molecule has 4 heterocycles. The van der Waals surface area contributed by atoms with Crippen molar-refractivity contribution in [3.63, 3.8) is 0 Å². The Labute approximate surface area is 162 Å². The summed E-state index contributed by atoms with van der Waals surface area (Å²) < 4.78 is 1.79. The summed E-state index contributed by atoms with van der Waals surface area (Å²) in [6.07, 6.45) is 2.49. The Bertz CT molecular complexity index is 1190. The molecule has 0 saturated heterocycles. The smallest absolute Gasteiger partial charge is 0.255 e. The molecule has 0 aliphatic carbocycles. The van der Waals surface area contributed by atoms with Crippen LogP contribution in [0.25, 0.3) is 16.7 Å². The number of carbonyl (C=O) groups excluding carboxylic acids is 1. The molecule has 1 aliphatic heterocycles. The van der Waals surface area contributed by atoms with Gasteiger partial charge in [-0.05, 0) is 38.1 Å². The van der Waals surface area contributed by atoms with Gasteiger partial charge >= 0.3 is 0 Å². The standard InChI is InChI=1S/C22H21N5O/c1-14-11-15(2)27(25-14)21-8-7-16(12-23-21)22(28)26-10-9-20-18(13-26)17-5-3-4-6-19(17)24-20/h3-8,11-12,24H,9-10,13H2,1-2H3. The van der Waals surface area contributed by atoms with Gasteiger partial charge in [0.2, 0.25) is 0 Å². The zero-order valence-corrected chi connectivity index (χ0v) is 15.9. The van der Waals surface area contributed by atoms with Crippen LogP contribution in [-0.2, 0) is 13.0 Å². The summed E-state index contributed by atoms with van der Waals surface area (Å²) >= 11 is 0. The Balaban J connectivity index is 1.40. The number of hydrogen-bond donors (Lipinski definition) is 1. The SMILES string of the molecule is Cc1cc(C)n(-c2ccc(C(=O)N3CCc4[nH]c5ccccc5c4C3)cn2)n1. The molecule has 6 heteroatoms. The van der Waals surface area contributed by atoms with Crippen LogP contribution in [-0.4, -0.2) is 37.1 Å². The van der Waals surface area contributed by atoms with E-state index in [1.807, 2.05) is 49.1 Å². The second kappa shape index (κ2) is 6.34. The van der Waals surface area contributed by atoms with Crippen LogP contribution in [0.15, 0.2) is 48.7 Å². The van der Waals surface area contributed by atoms with Crippen molar-refractivity contribution in [1.29, 1.82) is 0 Å². The third-order valence-electron chi connectivity index (χ3n) is 5.39. The largest absolute Gasteiger partial charge is 0.358 e. The molecule has 0 bridgehead atoms. The zero-order chi connectivity index (χ0) is 19.3. The number of hydrogen-bond acceptors (Lipinski definition) is 3. The van der Waals surface area contributed by atoms with Crippen molar-refractivity contribution in [3.8, 4) is 5.82 Å². The van der Waals surface area contributed by atoms with E-state index in [9.17, 15) is 4.79 Å². The Morgan fingerprint density at radius 3 is 2.75 bits per heavy atom. The molecule has 140 valence electrons. The lowest BCUT2D eigenvalue weighted by Crippen LogP contribution is -2.35. The van der Waals surface area contributed by atoms with E-state index in [1.54, 1.807) is 10.9 Å². The topological polar surface area (TPSA) is 66.8 Å². The third-order valence-corrected chi connectivity index (χ3v) is 5.39. The number of aromatic nitrogens is 4. The average molecular weight is 371 g/mol. The molecule has 1 aromatic carbocycles. The number of nitrogens with zero attached hydrogens (tertiary/aromatic N) is 4. The maximum atomic E-state index is 13.0. The lowest BCUT2D eigenvalue weighted by molar-refractivity contribution is 0.0734. The van der Waals surface area contributed by atoms with E-state index >= 15 is 0 Å². The molecule has 0 unspecified atom stereocenters. The molecule has 4 aromatic rings. The summed E-state index contributed by atoms with van der Waals surface area (Å²) in [6, 6.07) is 14.0. The average Bonchev–Trinajstić information content (AvgIpc) is 3.26. The first-order chi connectivity index (χ1) is 13.6. The van der Waals surface area contributed by atoms with E-state index in [0.29, 0.717) is 18.7 Å². The van der Waals surface area contributed by atoms with Gasteiger partial charge in [0.25, 0.3) is 5.91 Å². The van der Waals surface area contributed by atoms with Crippen LogP contribution in [0.4, 0.5) is 0 Å². The molecule has 0 fully saturated rings. The molecular formula is C22H21N5O. The zero-order valence-electron chi connectivity index (χ0n) is 15.9. The lowest BCUT2D eigenvalue weighted by atomic mass is 10.0. The van der Waals surface area contributed by atoms with Crippen molar-refractivity contribution in [2.75, 3.05) is 6.54 Å². The van der Waals surface area contributed by atoms with E-state index in [1.165, 1.54) is 16.6 Å². The number of pyridine rings is 1. The number of aromatic amines is 1. The van der Waals surface area contributed by atoms with Crippen LogP contribution in [0.5, 0.6) is 0 Å². The third kappa shape index (κ3) is 2.69. The van der Waals surface area contributed by atoms with Gasteiger partial charge in [0.15, 0.2) is 5.82 Å². The van der Waals surface area contributed by atoms with E-state index in [-0.39, 0.29) is 5.91 Å². The first kappa shape index (κ1) is 16.7. The minimum Gasteiger partial charge on any atom is -0.358 e. The molecule has 5 rings (SSSR count). The highest BCUT2D eigenvalue weighted by Gasteiger charge is 2.25. The van der Waals surface area contributed by atoms with Crippen LogP contribution in [0, 0.1) is 13.8 Å². The number of benzene rings is 1. The van der Waals surface area contributed by atoms with Gasteiger partial charge in [-0.3, -0.25) is 4.79 Å². The van der Waals surface area contributed by atoms with Crippen molar-refractivity contribution in [1.82, 2.24) is 24.6 Å². The quantitative estimate of drug-likeness (QED) is 0.586. The summed E-state index contributed by atoms with van der Waals surface area (Å²) in [4.78, 5) is 22.9. The van der Waals surface area contributed by atoms with Crippen LogP contribution >= 0.6 is 0 Å². The number of nitrogens with one attached hydrogen (secondary N) is 1. The van der Waals surface area contributed by atoms with Crippen LogP contribution in [0.2, 0.25) is 0 Å². The summed E-state index contributed by atoms with van der Waals surface area (Å²) in [7, 11) is 0. The fourth-order valence-electron chi connectivity index (χ4n) is 4.02. The predicted molar refractivity (Wildman–Crippen MR) is 108 cm³/mol. The second-order valence-corrected chi connectivity index (χ2v) is 7.35. The molecule has 0 saturated carbocycles. The number of para-hydroxylation sites is 1. The van der Waals surface area contributed by atoms with Gasteiger partial charge in [-0.1, -0.05) is 18.2 Å². The molecule has 0 radical (unpaired) electrons. The van der Waals surface area contributed by atoms with E-state index in [2.05, 4.69) is 27.2 Å². The van der Waals surface area contributed by atoms with Gasteiger partial charge in [0, 0.05) is 53.6 Å². The summed E-state index contributed by atoms with van der Waals surface area (Å²) in [5, 5.41) is 5.65. The van der Waals surface area contributed by atoms with Crippen molar-refractivity contribution < 1.29 is 4.79 Å². The van der Waals surface area contributed by atoms with Crippen molar-refractivity contribution in [3.05, 3.63) is 76.9 Å². The monoisotopic (exact) mass is 371 g/mol. The van der Waals surface area contributed by atoms with Gasteiger partial charge in [-0.15, -0.1) is 0 Å². The highest BCUT2D eigenvalue weighted by atomic mass is 16.2.